The normalized spacial score (nSPS) is 20.3. The van der Waals surface area contributed by atoms with Crippen molar-refractivity contribution in [3.05, 3.63) is 35.9 Å². The van der Waals surface area contributed by atoms with Crippen molar-refractivity contribution in [1.82, 2.24) is 15.1 Å². The summed E-state index contributed by atoms with van der Waals surface area (Å²) in [6.45, 7) is 5.82. The van der Waals surface area contributed by atoms with Crippen molar-refractivity contribution < 1.29 is 0 Å². The summed E-state index contributed by atoms with van der Waals surface area (Å²) in [5.41, 5.74) is 1.43. The molecular weight excluding hydrogens is 234 g/mol. The molecule has 0 saturated carbocycles. The molecule has 1 heterocycles. The van der Waals surface area contributed by atoms with Gasteiger partial charge in [0.1, 0.15) is 0 Å². The van der Waals surface area contributed by atoms with Crippen LogP contribution < -0.4 is 5.32 Å². The molecule has 0 bridgehead atoms. The van der Waals surface area contributed by atoms with E-state index in [1.165, 1.54) is 38.0 Å². The Morgan fingerprint density at radius 1 is 1.26 bits per heavy atom. The Bertz CT molecular complexity index is 350. The fourth-order valence-corrected chi connectivity index (χ4v) is 2.69. The van der Waals surface area contributed by atoms with E-state index in [4.69, 9.17) is 0 Å². The van der Waals surface area contributed by atoms with Gasteiger partial charge < -0.3 is 10.2 Å². The first-order valence-electron chi connectivity index (χ1n) is 7.38. The van der Waals surface area contributed by atoms with Crippen LogP contribution in [-0.4, -0.2) is 56.1 Å². The van der Waals surface area contributed by atoms with Gasteiger partial charge in [-0.1, -0.05) is 30.3 Å². The summed E-state index contributed by atoms with van der Waals surface area (Å²) in [7, 11) is 4.27. The van der Waals surface area contributed by atoms with Gasteiger partial charge >= 0.3 is 0 Å². The Morgan fingerprint density at radius 3 is 2.79 bits per heavy atom. The van der Waals surface area contributed by atoms with E-state index in [0.717, 1.165) is 13.1 Å². The highest BCUT2D eigenvalue weighted by Gasteiger charge is 2.21. The van der Waals surface area contributed by atoms with Crippen LogP contribution in [0, 0.1) is 0 Å². The molecule has 0 aromatic heterocycles. The molecule has 1 aromatic carbocycles. The van der Waals surface area contributed by atoms with Crippen molar-refractivity contribution in [2.24, 2.45) is 0 Å². The lowest BCUT2D eigenvalue weighted by molar-refractivity contribution is 0.318. The summed E-state index contributed by atoms with van der Waals surface area (Å²) < 4.78 is 0. The van der Waals surface area contributed by atoms with Gasteiger partial charge in [0.15, 0.2) is 0 Å². The van der Waals surface area contributed by atoms with Crippen LogP contribution in [0.1, 0.15) is 18.4 Å². The molecule has 19 heavy (non-hydrogen) atoms. The third kappa shape index (κ3) is 5.31. The average molecular weight is 261 g/mol. The number of benzene rings is 1. The minimum absolute atomic E-state index is 0.686. The predicted octanol–water partition coefficient (Wildman–Crippen LogP) is 1.80. The standard InChI is InChI=1S/C16H27N3/c1-18(2)11-6-10-17-16-9-12-19(14-16)13-15-7-4-3-5-8-15/h3-5,7-8,16-17H,6,9-14H2,1-2H3. The molecule has 1 unspecified atom stereocenters. The second-order valence-electron chi connectivity index (χ2n) is 5.82. The van der Waals surface area contributed by atoms with E-state index in [9.17, 15) is 0 Å². The molecule has 0 amide bonds. The van der Waals surface area contributed by atoms with Crippen molar-refractivity contribution in [1.29, 1.82) is 0 Å². The lowest BCUT2D eigenvalue weighted by Gasteiger charge is -2.17. The van der Waals surface area contributed by atoms with Gasteiger partial charge in [0.2, 0.25) is 0 Å². The number of hydrogen-bond donors (Lipinski definition) is 1. The zero-order chi connectivity index (χ0) is 13.5. The average Bonchev–Trinajstić information content (AvgIpc) is 2.83. The van der Waals surface area contributed by atoms with Gasteiger partial charge in [-0.15, -0.1) is 0 Å². The third-order valence-electron chi connectivity index (χ3n) is 3.74. The molecule has 106 valence electrons. The molecule has 1 aliphatic rings. The Morgan fingerprint density at radius 2 is 2.05 bits per heavy atom. The van der Waals surface area contributed by atoms with Gasteiger partial charge in [0.25, 0.3) is 0 Å². The first-order valence-corrected chi connectivity index (χ1v) is 7.38. The van der Waals surface area contributed by atoms with E-state index in [2.05, 4.69) is 59.5 Å². The summed E-state index contributed by atoms with van der Waals surface area (Å²) in [5, 5.41) is 3.68. The summed E-state index contributed by atoms with van der Waals surface area (Å²) >= 11 is 0. The van der Waals surface area contributed by atoms with E-state index >= 15 is 0 Å². The zero-order valence-electron chi connectivity index (χ0n) is 12.3. The van der Waals surface area contributed by atoms with Crippen LogP contribution in [0.2, 0.25) is 0 Å². The van der Waals surface area contributed by atoms with Crippen LogP contribution in [0.15, 0.2) is 30.3 Å². The number of likely N-dealkylation sites (tertiary alicyclic amines) is 1. The third-order valence-corrected chi connectivity index (χ3v) is 3.74. The molecule has 0 spiro atoms. The van der Waals surface area contributed by atoms with Crippen molar-refractivity contribution in [2.45, 2.75) is 25.4 Å². The van der Waals surface area contributed by atoms with Crippen LogP contribution in [-0.2, 0) is 6.54 Å². The Hall–Kier alpha value is -0.900. The number of rotatable bonds is 7. The van der Waals surface area contributed by atoms with Gasteiger partial charge in [-0.25, -0.2) is 0 Å². The van der Waals surface area contributed by atoms with E-state index in [-0.39, 0.29) is 0 Å². The SMILES string of the molecule is CN(C)CCCNC1CCN(Cc2ccccc2)C1. The smallest absolute Gasteiger partial charge is 0.0234 e. The maximum absolute atomic E-state index is 3.68. The summed E-state index contributed by atoms with van der Waals surface area (Å²) in [5.74, 6) is 0. The maximum atomic E-state index is 3.68. The van der Waals surface area contributed by atoms with Crippen LogP contribution >= 0.6 is 0 Å². The Balaban J connectivity index is 1.63. The Labute approximate surface area is 117 Å². The van der Waals surface area contributed by atoms with Gasteiger partial charge in [-0.05, 0) is 45.6 Å². The van der Waals surface area contributed by atoms with Crippen molar-refractivity contribution in [2.75, 3.05) is 40.3 Å². The molecule has 1 aliphatic heterocycles. The lowest BCUT2D eigenvalue weighted by atomic mass is 10.2. The second-order valence-corrected chi connectivity index (χ2v) is 5.82. The minimum atomic E-state index is 0.686. The quantitative estimate of drug-likeness (QED) is 0.755. The van der Waals surface area contributed by atoms with E-state index in [0.29, 0.717) is 6.04 Å². The van der Waals surface area contributed by atoms with Crippen LogP contribution in [0.3, 0.4) is 0 Å². The molecule has 1 aromatic rings. The molecule has 1 fully saturated rings. The molecular formula is C16H27N3. The fourth-order valence-electron chi connectivity index (χ4n) is 2.69. The zero-order valence-corrected chi connectivity index (χ0v) is 12.3. The highest BCUT2D eigenvalue weighted by molar-refractivity contribution is 5.14. The van der Waals surface area contributed by atoms with Gasteiger partial charge in [0, 0.05) is 25.7 Å². The number of hydrogen-bond acceptors (Lipinski definition) is 3. The number of nitrogens with one attached hydrogen (secondary N) is 1. The summed E-state index contributed by atoms with van der Waals surface area (Å²) in [4.78, 5) is 4.80. The van der Waals surface area contributed by atoms with Crippen LogP contribution in [0.4, 0.5) is 0 Å². The van der Waals surface area contributed by atoms with Crippen molar-refractivity contribution in [3.63, 3.8) is 0 Å². The van der Waals surface area contributed by atoms with Crippen molar-refractivity contribution in [3.8, 4) is 0 Å². The Kier molecular flexibility index (Phi) is 5.83. The fraction of sp³-hybridized carbons (Fsp3) is 0.625. The molecule has 1 atom stereocenters. The summed E-state index contributed by atoms with van der Waals surface area (Å²) in [6, 6.07) is 11.5. The number of nitrogens with zero attached hydrogens (tertiary/aromatic N) is 2. The van der Waals surface area contributed by atoms with Gasteiger partial charge in [-0.3, -0.25) is 4.90 Å². The first kappa shape index (κ1) is 14.5. The molecule has 1 saturated heterocycles. The summed E-state index contributed by atoms with van der Waals surface area (Å²) in [6.07, 6.45) is 2.52. The minimum Gasteiger partial charge on any atom is -0.313 e. The maximum Gasteiger partial charge on any atom is 0.0234 e. The van der Waals surface area contributed by atoms with Crippen LogP contribution in [0.5, 0.6) is 0 Å². The molecule has 3 heteroatoms. The molecule has 3 nitrogen and oxygen atoms in total. The molecule has 1 N–H and O–H groups in total. The van der Waals surface area contributed by atoms with Crippen molar-refractivity contribution >= 4 is 0 Å². The van der Waals surface area contributed by atoms with E-state index in [1.807, 2.05) is 0 Å². The largest absolute Gasteiger partial charge is 0.313 e. The first-order chi connectivity index (χ1) is 9.24. The second kappa shape index (κ2) is 7.63. The highest BCUT2D eigenvalue weighted by atomic mass is 15.2. The lowest BCUT2D eigenvalue weighted by Crippen LogP contribution is -2.34. The molecule has 0 aliphatic carbocycles. The topological polar surface area (TPSA) is 18.5 Å². The van der Waals surface area contributed by atoms with E-state index < -0.39 is 0 Å². The monoisotopic (exact) mass is 261 g/mol. The van der Waals surface area contributed by atoms with Crippen LogP contribution in [0.25, 0.3) is 0 Å². The highest BCUT2D eigenvalue weighted by Crippen LogP contribution is 2.13. The molecule has 0 radical (unpaired) electrons. The van der Waals surface area contributed by atoms with E-state index in [1.54, 1.807) is 0 Å². The molecule has 2 rings (SSSR count). The van der Waals surface area contributed by atoms with Gasteiger partial charge in [0.05, 0.1) is 0 Å². The van der Waals surface area contributed by atoms with Gasteiger partial charge in [-0.2, -0.15) is 0 Å². The predicted molar refractivity (Wildman–Crippen MR) is 81.3 cm³/mol.